The van der Waals surface area contributed by atoms with Crippen LogP contribution in [0.15, 0.2) is 35.2 Å². The fourth-order valence-corrected chi connectivity index (χ4v) is 5.21. The Morgan fingerprint density at radius 2 is 1.97 bits per heavy atom. The molecule has 1 aliphatic heterocycles. The topological polar surface area (TPSA) is 133 Å². The number of hydrogen-bond donors (Lipinski definition) is 3. The molecule has 2 saturated carbocycles. The third-order valence-electron chi connectivity index (χ3n) is 7.49. The molecule has 38 heavy (non-hydrogen) atoms. The molecule has 1 aromatic carbocycles. The molecule has 4 heterocycles. The van der Waals surface area contributed by atoms with Crippen molar-refractivity contribution in [3.63, 3.8) is 0 Å². The van der Waals surface area contributed by atoms with Gasteiger partial charge in [0.15, 0.2) is 11.6 Å². The molecule has 13 heteroatoms. The molecule has 10 nitrogen and oxygen atoms in total. The number of amides is 2. The van der Waals surface area contributed by atoms with Crippen molar-refractivity contribution in [3.05, 3.63) is 42.0 Å². The summed E-state index contributed by atoms with van der Waals surface area (Å²) in [5.41, 5.74) is 8.18. The second-order valence-electron chi connectivity index (χ2n) is 9.94. The normalized spacial score (nSPS) is 17.8. The van der Waals surface area contributed by atoms with E-state index in [-0.39, 0.29) is 24.4 Å². The Morgan fingerprint density at radius 3 is 2.71 bits per heavy atom. The number of ether oxygens (including phenoxy) is 1. The number of urea groups is 1. The Bertz CT molecular complexity index is 1600. The van der Waals surface area contributed by atoms with Gasteiger partial charge < -0.3 is 24.9 Å². The number of nitrogens with zero attached hydrogens (tertiary/aromatic N) is 4. The largest absolute Gasteiger partial charge is 0.491 e. The van der Waals surface area contributed by atoms with Crippen LogP contribution in [0.25, 0.3) is 22.2 Å². The van der Waals surface area contributed by atoms with Gasteiger partial charge in [-0.1, -0.05) is 11.2 Å². The molecule has 2 aliphatic carbocycles. The molecule has 3 aromatic heterocycles. The van der Waals surface area contributed by atoms with Crippen LogP contribution >= 0.6 is 0 Å². The first kappa shape index (κ1) is 22.9. The zero-order chi connectivity index (χ0) is 26.2. The smallest absolute Gasteiger partial charge is 0.401 e. The molecule has 2 amide bonds. The maximum Gasteiger partial charge on any atom is 0.401 e. The highest BCUT2D eigenvalue weighted by molar-refractivity contribution is 6.04. The highest BCUT2D eigenvalue weighted by atomic mass is 19.4. The zero-order valence-electron chi connectivity index (χ0n) is 19.9. The first-order valence-electron chi connectivity index (χ1n) is 12.3. The summed E-state index contributed by atoms with van der Waals surface area (Å²) in [5, 5.41) is 9.53. The molecule has 0 bridgehead atoms. The number of nitrogens with two attached hydrogens (primary N) is 1. The number of halogens is 3. The van der Waals surface area contributed by atoms with Crippen LogP contribution in [0.2, 0.25) is 0 Å². The molecule has 0 radical (unpaired) electrons. The SMILES string of the molecule is Nc1ncnc2c1c(-c1ccc(NC(=O)Nc3cc(C4(C(F)(F)F)CC4)on3)c3c1CCO3)cn2C1CC1. The molecule has 0 spiro atoms. The van der Waals surface area contributed by atoms with Gasteiger partial charge in [0, 0.05) is 35.9 Å². The summed E-state index contributed by atoms with van der Waals surface area (Å²) in [5.74, 6) is 0.507. The predicted molar refractivity (Wildman–Crippen MR) is 131 cm³/mol. The van der Waals surface area contributed by atoms with Crippen LogP contribution in [0.5, 0.6) is 5.75 Å². The molecule has 0 saturated heterocycles. The number of nitrogen functional groups attached to an aromatic ring is 1. The van der Waals surface area contributed by atoms with E-state index in [4.69, 9.17) is 15.0 Å². The lowest BCUT2D eigenvalue weighted by atomic mass is 9.97. The number of rotatable bonds is 5. The first-order chi connectivity index (χ1) is 18.2. The summed E-state index contributed by atoms with van der Waals surface area (Å²) in [6.07, 6.45) is 1.73. The number of carbonyl (C=O) groups excluding carboxylic acids is 1. The maximum absolute atomic E-state index is 13.4. The number of carbonyl (C=O) groups is 1. The van der Waals surface area contributed by atoms with Gasteiger partial charge in [-0.2, -0.15) is 13.2 Å². The van der Waals surface area contributed by atoms with Crippen LogP contribution in [-0.2, 0) is 11.8 Å². The fourth-order valence-electron chi connectivity index (χ4n) is 5.21. The van der Waals surface area contributed by atoms with Crippen molar-refractivity contribution in [1.29, 1.82) is 0 Å². The number of hydrogen-bond acceptors (Lipinski definition) is 7. The number of alkyl halides is 3. The van der Waals surface area contributed by atoms with E-state index in [0.29, 0.717) is 36.3 Å². The number of nitrogens with one attached hydrogen (secondary N) is 2. The molecule has 7 rings (SSSR count). The molecule has 0 unspecified atom stereocenters. The van der Waals surface area contributed by atoms with Gasteiger partial charge in [-0.25, -0.2) is 14.8 Å². The van der Waals surface area contributed by atoms with Gasteiger partial charge in [-0.15, -0.1) is 0 Å². The summed E-state index contributed by atoms with van der Waals surface area (Å²) in [7, 11) is 0. The Morgan fingerprint density at radius 1 is 1.16 bits per heavy atom. The van der Waals surface area contributed by atoms with Crippen LogP contribution in [0.1, 0.15) is 43.0 Å². The molecule has 4 aromatic rings. The number of anilines is 3. The van der Waals surface area contributed by atoms with Gasteiger partial charge in [0.25, 0.3) is 0 Å². The summed E-state index contributed by atoms with van der Waals surface area (Å²) in [6, 6.07) is 4.42. The minimum atomic E-state index is -4.44. The van der Waals surface area contributed by atoms with Gasteiger partial charge in [0.1, 0.15) is 29.0 Å². The molecule has 2 fully saturated rings. The monoisotopic (exact) mass is 525 g/mol. The standard InChI is InChI=1S/C25H22F3N7O3/c26-25(27,28)24(6-7-24)17-9-18(34-38-17)33-23(36)32-16-4-3-13(14-5-8-37-20(14)16)15-10-35(12-1-2-12)22-19(15)21(29)30-11-31-22/h3-4,9-12H,1-2,5-8H2,(H2,29,30,31)(H2,32,33,34,36). The lowest BCUT2D eigenvalue weighted by Gasteiger charge is -2.15. The van der Waals surface area contributed by atoms with Crippen LogP contribution in [0.4, 0.5) is 35.3 Å². The minimum Gasteiger partial charge on any atom is -0.491 e. The Labute approximate surface area is 213 Å². The van der Waals surface area contributed by atoms with E-state index < -0.39 is 17.6 Å². The van der Waals surface area contributed by atoms with Crippen molar-refractivity contribution in [3.8, 4) is 16.9 Å². The average Bonchev–Trinajstić information content (AvgIpc) is 3.74. The van der Waals surface area contributed by atoms with E-state index >= 15 is 0 Å². The van der Waals surface area contributed by atoms with Crippen LogP contribution in [0, 0.1) is 0 Å². The number of aromatic nitrogens is 4. The Hall–Kier alpha value is -4.29. The lowest BCUT2D eigenvalue weighted by Crippen LogP contribution is -2.28. The molecular weight excluding hydrogens is 503 g/mol. The van der Waals surface area contributed by atoms with Gasteiger partial charge >= 0.3 is 12.2 Å². The fraction of sp³-hybridized carbons (Fsp3) is 0.360. The highest BCUT2D eigenvalue weighted by Gasteiger charge is 2.67. The number of benzene rings is 1. The lowest BCUT2D eigenvalue weighted by molar-refractivity contribution is -0.165. The van der Waals surface area contributed by atoms with Crippen molar-refractivity contribution in [1.82, 2.24) is 19.7 Å². The van der Waals surface area contributed by atoms with E-state index in [2.05, 4.69) is 36.5 Å². The third kappa shape index (κ3) is 3.48. The Balaban J connectivity index is 1.16. The maximum atomic E-state index is 13.4. The molecular formula is C25H22F3N7O3. The second-order valence-corrected chi connectivity index (χ2v) is 9.94. The van der Waals surface area contributed by atoms with Crippen LogP contribution in [0.3, 0.4) is 0 Å². The minimum absolute atomic E-state index is 0.0652. The van der Waals surface area contributed by atoms with Crippen molar-refractivity contribution < 1.29 is 27.2 Å². The van der Waals surface area contributed by atoms with Gasteiger partial charge in [0.2, 0.25) is 0 Å². The van der Waals surface area contributed by atoms with Crippen molar-refractivity contribution in [2.24, 2.45) is 0 Å². The third-order valence-corrected chi connectivity index (χ3v) is 7.49. The average molecular weight is 525 g/mol. The highest BCUT2D eigenvalue weighted by Crippen LogP contribution is 2.59. The van der Waals surface area contributed by atoms with Crippen molar-refractivity contribution in [2.45, 2.75) is 49.7 Å². The van der Waals surface area contributed by atoms with Crippen molar-refractivity contribution >= 4 is 34.4 Å². The number of fused-ring (bicyclic) bond motifs is 2. The molecule has 0 atom stereocenters. The van der Waals surface area contributed by atoms with Gasteiger partial charge in [-0.3, -0.25) is 5.32 Å². The van der Waals surface area contributed by atoms with E-state index in [9.17, 15) is 18.0 Å². The summed E-state index contributed by atoms with van der Waals surface area (Å²) in [6.45, 7) is 0.433. The van der Waals surface area contributed by atoms with Gasteiger partial charge in [0.05, 0.1) is 17.7 Å². The molecule has 3 aliphatic rings. The summed E-state index contributed by atoms with van der Waals surface area (Å²) >= 11 is 0. The Kier molecular flexibility index (Phi) is 4.73. The van der Waals surface area contributed by atoms with Crippen LogP contribution in [-0.4, -0.2) is 38.5 Å². The van der Waals surface area contributed by atoms with E-state index in [1.165, 1.54) is 6.33 Å². The first-order valence-corrected chi connectivity index (χ1v) is 12.3. The predicted octanol–water partition coefficient (Wildman–Crippen LogP) is 5.18. The summed E-state index contributed by atoms with van der Waals surface area (Å²) < 4.78 is 53.0. The summed E-state index contributed by atoms with van der Waals surface area (Å²) in [4.78, 5) is 21.4. The van der Waals surface area contributed by atoms with E-state index in [1.54, 1.807) is 6.07 Å². The van der Waals surface area contributed by atoms with Gasteiger partial charge in [-0.05, 0) is 37.3 Å². The quantitative estimate of drug-likeness (QED) is 0.327. The molecule has 4 N–H and O–H groups in total. The van der Waals surface area contributed by atoms with Crippen LogP contribution < -0.4 is 21.1 Å². The second kappa shape index (κ2) is 7.85. The van der Waals surface area contributed by atoms with E-state index in [0.717, 1.165) is 46.6 Å². The molecule has 196 valence electrons. The van der Waals surface area contributed by atoms with Crippen molar-refractivity contribution in [2.75, 3.05) is 23.0 Å². The zero-order valence-corrected chi connectivity index (χ0v) is 19.9. The van der Waals surface area contributed by atoms with E-state index in [1.807, 2.05) is 6.07 Å².